The van der Waals surface area contributed by atoms with Crippen molar-refractivity contribution in [2.75, 3.05) is 0 Å². The lowest BCUT2D eigenvalue weighted by molar-refractivity contribution is 0.476. The Bertz CT molecular complexity index is 1180. The number of aryl methyl sites for hydroxylation is 3. The van der Waals surface area contributed by atoms with Crippen LogP contribution in [-0.2, 0) is 0 Å². The maximum Gasteiger partial charge on any atom is 0.263 e. The van der Waals surface area contributed by atoms with Crippen LogP contribution in [0.1, 0.15) is 16.7 Å². The molecular formula is C22H19NO2. The van der Waals surface area contributed by atoms with E-state index in [9.17, 15) is 9.90 Å². The molecule has 0 aliphatic carbocycles. The molecule has 0 fully saturated rings. The molecule has 3 nitrogen and oxygen atoms in total. The van der Waals surface area contributed by atoms with E-state index in [0.29, 0.717) is 0 Å². The quantitative estimate of drug-likeness (QED) is 0.511. The van der Waals surface area contributed by atoms with Crippen molar-refractivity contribution in [1.82, 2.24) is 4.57 Å². The minimum Gasteiger partial charge on any atom is -0.508 e. The van der Waals surface area contributed by atoms with Crippen LogP contribution < -0.4 is 5.56 Å². The minimum absolute atomic E-state index is 0.0522. The molecule has 0 spiro atoms. The number of aromatic hydroxyl groups is 1. The highest BCUT2D eigenvalue weighted by atomic mass is 16.3. The predicted octanol–water partition coefficient (Wildman–Crippen LogP) is 4.77. The van der Waals surface area contributed by atoms with Crippen molar-refractivity contribution in [2.45, 2.75) is 20.8 Å². The molecule has 1 N–H and O–H groups in total. The Morgan fingerprint density at radius 2 is 1.44 bits per heavy atom. The van der Waals surface area contributed by atoms with Crippen LogP contribution in [0, 0.1) is 20.8 Å². The summed E-state index contributed by atoms with van der Waals surface area (Å²) in [5.74, 6) is 0.152. The summed E-state index contributed by atoms with van der Waals surface area (Å²) in [7, 11) is 0. The van der Waals surface area contributed by atoms with E-state index in [2.05, 4.69) is 0 Å². The van der Waals surface area contributed by atoms with Crippen LogP contribution >= 0.6 is 0 Å². The van der Waals surface area contributed by atoms with Gasteiger partial charge in [-0.15, -0.1) is 0 Å². The molecule has 4 rings (SSSR count). The van der Waals surface area contributed by atoms with E-state index < -0.39 is 0 Å². The van der Waals surface area contributed by atoms with Gasteiger partial charge in [-0.2, -0.15) is 0 Å². The van der Waals surface area contributed by atoms with Gasteiger partial charge in [0.05, 0.1) is 16.6 Å². The molecule has 0 aliphatic heterocycles. The standard InChI is InChI=1S/C22H19NO2/c1-13-6-5-9-18-17-11-10-16(24)12-19(17)23(22(25)20(13)18)21-14(2)7-4-8-15(21)3/h4-12,24H,1-3H3. The highest BCUT2D eigenvalue weighted by Crippen LogP contribution is 2.30. The molecule has 1 aromatic heterocycles. The van der Waals surface area contributed by atoms with Crippen molar-refractivity contribution >= 4 is 21.7 Å². The van der Waals surface area contributed by atoms with Gasteiger partial charge in [0.25, 0.3) is 5.56 Å². The summed E-state index contributed by atoms with van der Waals surface area (Å²) in [6.07, 6.45) is 0. The van der Waals surface area contributed by atoms with Crippen LogP contribution in [-0.4, -0.2) is 9.67 Å². The Balaban J connectivity index is 2.35. The summed E-state index contributed by atoms with van der Waals surface area (Å²) in [5, 5.41) is 12.6. The lowest BCUT2D eigenvalue weighted by atomic mass is 10.0. The van der Waals surface area contributed by atoms with Crippen LogP contribution in [0.3, 0.4) is 0 Å². The number of fused-ring (bicyclic) bond motifs is 3. The molecular weight excluding hydrogens is 310 g/mol. The molecule has 0 bridgehead atoms. The Hall–Kier alpha value is -3.07. The van der Waals surface area contributed by atoms with Crippen LogP contribution in [0.2, 0.25) is 0 Å². The number of nitrogens with zero attached hydrogens (tertiary/aromatic N) is 1. The molecule has 1 heterocycles. The Morgan fingerprint density at radius 1 is 0.800 bits per heavy atom. The second kappa shape index (κ2) is 5.49. The second-order valence-corrected chi connectivity index (χ2v) is 6.58. The first-order valence-electron chi connectivity index (χ1n) is 8.32. The SMILES string of the molecule is Cc1cccc(C)c1-n1c(=O)c2c(C)cccc2c2ccc(O)cc21. The normalized spacial score (nSPS) is 11.3. The molecule has 0 amide bonds. The average Bonchev–Trinajstić information content (AvgIpc) is 2.57. The van der Waals surface area contributed by atoms with E-state index in [4.69, 9.17) is 0 Å². The van der Waals surface area contributed by atoms with E-state index in [-0.39, 0.29) is 11.3 Å². The third kappa shape index (κ3) is 2.23. The van der Waals surface area contributed by atoms with Crippen molar-refractivity contribution in [1.29, 1.82) is 0 Å². The molecule has 0 aliphatic rings. The fourth-order valence-electron chi connectivity index (χ4n) is 3.71. The number of para-hydroxylation sites is 1. The number of pyridine rings is 1. The van der Waals surface area contributed by atoms with Gasteiger partial charge in [-0.05, 0) is 55.0 Å². The topological polar surface area (TPSA) is 42.2 Å². The number of aromatic nitrogens is 1. The summed E-state index contributed by atoms with van der Waals surface area (Å²) in [5.41, 5.74) is 4.56. The van der Waals surface area contributed by atoms with Gasteiger partial charge in [-0.1, -0.05) is 36.4 Å². The van der Waals surface area contributed by atoms with Crippen molar-refractivity contribution in [2.24, 2.45) is 0 Å². The number of rotatable bonds is 1. The van der Waals surface area contributed by atoms with Crippen LogP contribution in [0.15, 0.2) is 59.4 Å². The third-order valence-corrected chi connectivity index (χ3v) is 4.87. The smallest absolute Gasteiger partial charge is 0.263 e. The minimum atomic E-state index is -0.0522. The molecule has 25 heavy (non-hydrogen) atoms. The van der Waals surface area contributed by atoms with Crippen molar-refractivity contribution in [3.8, 4) is 11.4 Å². The maximum absolute atomic E-state index is 13.5. The van der Waals surface area contributed by atoms with Crippen LogP contribution in [0.25, 0.3) is 27.4 Å². The molecule has 3 aromatic carbocycles. The van der Waals surface area contributed by atoms with Crippen molar-refractivity contribution in [3.05, 3.63) is 81.6 Å². The summed E-state index contributed by atoms with van der Waals surface area (Å²) >= 11 is 0. The third-order valence-electron chi connectivity index (χ3n) is 4.87. The van der Waals surface area contributed by atoms with Gasteiger partial charge in [-0.25, -0.2) is 0 Å². The van der Waals surface area contributed by atoms with Crippen LogP contribution in [0.5, 0.6) is 5.75 Å². The van der Waals surface area contributed by atoms with Gasteiger partial charge >= 0.3 is 0 Å². The van der Waals surface area contributed by atoms with E-state index in [1.54, 1.807) is 16.7 Å². The van der Waals surface area contributed by atoms with E-state index in [0.717, 1.165) is 44.1 Å². The summed E-state index contributed by atoms with van der Waals surface area (Å²) in [6, 6.07) is 17.1. The van der Waals surface area contributed by atoms with Crippen molar-refractivity contribution in [3.63, 3.8) is 0 Å². The van der Waals surface area contributed by atoms with E-state index >= 15 is 0 Å². The number of benzene rings is 3. The summed E-state index contributed by atoms with van der Waals surface area (Å²) in [4.78, 5) is 13.5. The molecule has 0 unspecified atom stereocenters. The van der Waals surface area contributed by atoms with E-state index in [1.807, 2.05) is 63.2 Å². The lowest BCUT2D eigenvalue weighted by Gasteiger charge is -2.18. The van der Waals surface area contributed by atoms with Gasteiger partial charge < -0.3 is 5.11 Å². The Morgan fingerprint density at radius 3 is 2.16 bits per heavy atom. The van der Waals surface area contributed by atoms with Crippen molar-refractivity contribution < 1.29 is 5.11 Å². The number of hydrogen-bond acceptors (Lipinski definition) is 2. The first-order valence-corrected chi connectivity index (χ1v) is 8.32. The van der Waals surface area contributed by atoms with Gasteiger partial charge in [-0.3, -0.25) is 9.36 Å². The van der Waals surface area contributed by atoms with Gasteiger partial charge in [0.15, 0.2) is 0 Å². The lowest BCUT2D eigenvalue weighted by Crippen LogP contribution is -2.21. The summed E-state index contributed by atoms with van der Waals surface area (Å²) in [6.45, 7) is 5.97. The van der Waals surface area contributed by atoms with E-state index in [1.165, 1.54) is 0 Å². The van der Waals surface area contributed by atoms with Gasteiger partial charge in [0.2, 0.25) is 0 Å². The second-order valence-electron chi connectivity index (χ2n) is 6.58. The molecule has 0 saturated heterocycles. The molecule has 0 radical (unpaired) electrons. The Labute approximate surface area is 145 Å². The molecule has 0 atom stereocenters. The zero-order valence-electron chi connectivity index (χ0n) is 14.5. The Kier molecular flexibility index (Phi) is 3.39. The molecule has 3 heteroatoms. The number of phenolic OH excluding ortho intramolecular Hbond substituents is 1. The first kappa shape index (κ1) is 15.5. The van der Waals surface area contributed by atoms with Gasteiger partial charge in [0.1, 0.15) is 5.75 Å². The molecule has 0 saturated carbocycles. The first-order chi connectivity index (χ1) is 12.0. The zero-order chi connectivity index (χ0) is 17.7. The maximum atomic E-state index is 13.5. The highest BCUT2D eigenvalue weighted by molar-refractivity contribution is 6.07. The fourth-order valence-corrected chi connectivity index (χ4v) is 3.71. The largest absolute Gasteiger partial charge is 0.508 e. The number of hydrogen-bond donors (Lipinski definition) is 1. The van der Waals surface area contributed by atoms with Crippen LogP contribution in [0.4, 0.5) is 0 Å². The number of phenols is 1. The predicted molar refractivity (Wildman–Crippen MR) is 103 cm³/mol. The monoisotopic (exact) mass is 329 g/mol. The average molecular weight is 329 g/mol. The fraction of sp³-hybridized carbons (Fsp3) is 0.136. The van der Waals surface area contributed by atoms with Gasteiger partial charge in [0, 0.05) is 11.5 Å². The zero-order valence-corrected chi connectivity index (χ0v) is 14.5. The molecule has 4 aromatic rings. The highest BCUT2D eigenvalue weighted by Gasteiger charge is 2.16. The molecule has 124 valence electrons. The summed E-state index contributed by atoms with van der Waals surface area (Å²) < 4.78 is 1.75.